The molecule has 0 unspecified atom stereocenters. The minimum Gasteiger partial charge on any atom is -0.511 e. The number of rotatable bonds is 2. The van der Waals surface area contributed by atoms with E-state index >= 15 is 0 Å². The molecule has 11 heavy (non-hydrogen) atoms. The fourth-order valence-electron chi connectivity index (χ4n) is 0.123. The van der Waals surface area contributed by atoms with Gasteiger partial charge in [0.15, 0.2) is 0 Å². The topological polar surface area (TPSA) is 127 Å². The summed E-state index contributed by atoms with van der Waals surface area (Å²) < 4.78 is 13.7. The summed E-state index contributed by atoms with van der Waals surface area (Å²) >= 11 is 0. The molecule has 68 valence electrons. The second-order valence-electron chi connectivity index (χ2n) is 1.30. The van der Waals surface area contributed by atoms with Crippen molar-refractivity contribution in [2.45, 2.75) is 6.92 Å². The van der Waals surface area contributed by atoms with Crippen molar-refractivity contribution in [1.29, 1.82) is 0 Å². The average molecular weight is 202 g/mol. The van der Waals surface area contributed by atoms with Crippen LogP contribution < -0.4 is 0 Å². The van der Waals surface area contributed by atoms with E-state index in [1.165, 1.54) is 0 Å². The zero-order valence-electron chi connectivity index (χ0n) is 5.76. The zero-order valence-corrected chi connectivity index (χ0v) is 7.76. The Morgan fingerprint density at radius 2 is 1.64 bits per heavy atom. The van der Waals surface area contributed by atoms with Gasteiger partial charge in [-0.05, 0) is 6.92 Å². The van der Waals surface area contributed by atoms with Crippen LogP contribution in [0, 0.1) is 0 Å². The van der Waals surface area contributed by atoms with E-state index in [1.807, 2.05) is 0 Å². The third-order valence-corrected chi connectivity index (χ3v) is 0.803. The maximum atomic E-state index is 9.56. The Labute approximate surface area is 65.5 Å². The van der Waals surface area contributed by atoms with Crippen molar-refractivity contribution >= 4 is 18.2 Å². The van der Waals surface area contributed by atoms with Crippen LogP contribution in [0.4, 0.5) is 0 Å². The van der Waals surface area contributed by atoms with Crippen molar-refractivity contribution in [2.24, 2.45) is 0 Å². The van der Waals surface area contributed by atoms with E-state index in [2.05, 4.69) is 4.43 Å². The van der Waals surface area contributed by atoms with Crippen LogP contribution in [0.25, 0.3) is 0 Å². The summed E-state index contributed by atoms with van der Waals surface area (Å²) in [4.78, 5) is 37.2. The Bertz CT molecular complexity index is 101. The Balaban J connectivity index is 0. The van der Waals surface area contributed by atoms with Gasteiger partial charge in [-0.3, -0.25) is 4.46 Å². The molecular weight excluding hydrogens is 192 g/mol. The fraction of sp³-hybridized carbons (Fsp3) is 1.00. The molecule has 0 bridgehead atoms. The Morgan fingerprint density at radius 3 is 1.64 bits per heavy atom. The summed E-state index contributed by atoms with van der Waals surface area (Å²) in [5.74, 6) is 0. The molecule has 0 spiro atoms. The highest BCUT2D eigenvalue weighted by Gasteiger charge is 2.22. The van der Waals surface area contributed by atoms with Crippen molar-refractivity contribution in [3.05, 3.63) is 0 Å². The molecule has 0 heterocycles. The van der Waals surface area contributed by atoms with Crippen LogP contribution in [0.5, 0.6) is 0 Å². The van der Waals surface area contributed by atoms with Gasteiger partial charge in [-0.1, -0.05) is 0 Å². The van der Waals surface area contributed by atoms with Crippen molar-refractivity contribution in [1.82, 2.24) is 0 Å². The first-order valence-electron chi connectivity index (χ1n) is 2.52. The van der Waals surface area contributed by atoms with Crippen LogP contribution in [-0.4, -0.2) is 48.8 Å². The second-order valence-corrected chi connectivity index (χ2v) is 3.32. The number of hydrogen-bond donors (Lipinski definition) is 5. The molecule has 0 amide bonds. The summed E-state index contributed by atoms with van der Waals surface area (Å²) in [5.41, 5.74) is 0. The smallest absolute Gasteiger partial charge is 0.511 e. The van der Waals surface area contributed by atoms with E-state index in [0.717, 1.165) is 0 Å². The van der Waals surface area contributed by atoms with Crippen molar-refractivity contribution < 1.29 is 32.9 Å². The van der Waals surface area contributed by atoms with Gasteiger partial charge in [0.05, 0.1) is 6.61 Å². The third kappa shape index (κ3) is 79.7. The molecule has 0 aromatic rings. The predicted molar refractivity (Wildman–Crippen MR) is 34.9 cm³/mol. The summed E-state index contributed by atoms with van der Waals surface area (Å²) in [7, 11) is -7.25. The van der Waals surface area contributed by atoms with Gasteiger partial charge in [-0.2, -0.15) is 0 Å². The van der Waals surface area contributed by atoms with Gasteiger partial charge in [-0.25, -0.2) is 0 Å². The van der Waals surface area contributed by atoms with Gasteiger partial charge in [0.2, 0.25) is 0 Å². The van der Waals surface area contributed by atoms with Crippen LogP contribution in [-0.2, 0) is 8.89 Å². The van der Waals surface area contributed by atoms with Gasteiger partial charge in [0.1, 0.15) is 0 Å². The lowest BCUT2D eigenvalue weighted by molar-refractivity contribution is 0.117. The molecule has 0 aliphatic carbocycles. The van der Waals surface area contributed by atoms with Crippen molar-refractivity contribution in [3.63, 3.8) is 0 Å². The molecule has 0 aromatic heterocycles. The highest BCUT2D eigenvalue weighted by Crippen LogP contribution is 1.67. The molecule has 0 fully saturated rings. The Hall–Kier alpha value is -0.326. The van der Waals surface area contributed by atoms with Gasteiger partial charge >= 0.3 is 18.2 Å². The predicted octanol–water partition coefficient (Wildman–Crippen LogP) is -3.18. The van der Waals surface area contributed by atoms with Gasteiger partial charge in [-0.15, -0.1) is 0 Å². The molecule has 0 rings (SSSR count). The fourth-order valence-corrected chi connectivity index (χ4v) is 0.370. The molecule has 0 aliphatic heterocycles. The molecule has 0 aromatic carbocycles. The maximum Gasteiger partial charge on any atom is 0.764 e. The minimum atomic E-state index is -4.61. The third-order valence-electron chi connectivity index (χ3n) is 0.268. The highest BCUT2D eigenvalue weighted by atomic mass is 28.4. The lowest BCUT2D eigenvalue weighted by Gasteiger charge is -1.91. The van der Waals surface area contributed by atoms with Crippen molar-refractivity contribution in [2.75, 3.05) is 6.61 Å². The maximum absolute atomic E-state index is 9.56. The minimum absolute atomic E-state index is 0.314. The van der Waals surface area contributed by atoms with Crippen LogP contribution in [0.1, 0.15) is 6.92 Å². The monoisotopic (exact) mass is 202 g/mol. The van der Waals surface area contributed by atoms with Crippen LogP contribution in [0.2, 0.25) is 0 Å². The van der Waals surface area contributed by atoms with E-state index in [-0.39, 0.29) is 0 Å². The molecule has 0 saturated carbocycles. The normalized spacial score (nSPS) is 9.55. The summed E-state index contributed by atoms with van der Waals surface area (Å²) in [5, 5.41) is 0. The van der Waals surface area contributed by atoms with Crippen LogP contribution in [0.3, 0.4) is 0 Å². The first-order valence-corrected chi connectivity index (χ1v) is 5.57. The van der Waals surface area contributed by atoms with Crippen LogP contribution in [0.15, 0.2) is 0 Å². The first kappa shape index (κ1) is 13.3. The van der Waals surface area contributed by atoms with Crippen molar-refractivity contribution in [3.8, 4) is 0 Å². The standard InChI is InChI=1S/C2H6O3Si.H4O4Si/c1-2-5-6(3)4;1-5(2,3)4/h3H,2H2,1H3;1-4H. The summed E-state index contributed by atoms with van der Waals surface area (Å²) in [6.45, 7) is 1.98. The summed E-state index contributed by atoms with van der Waals surface area (Å²) in [6.07, 6.45) is 0. The SMILES string of the molecule is CCO[Si](=O)O.O[Si](O)(O)O. The van der Waals surface area contributed by atoms with Crippen LogP contribution >= 0.6 is 0 Å². The molecule has 5 N–H and O–H groups in total. The van der Waals surface area contributed by atoms with E-state index in [4.69, 9.17) is 24.0 Å². The molecule has 0 atom stereocenters. The molecule has 7 nitrogen and oxygen atoms in total. The molecule has 9 heteroatoms. The molecule has 0 radical (unpaired) electrons. The second kappa shape index (κ2) is 6.39. The van der Waals surface area contributed by atoms with E-state index < -0.39 is 18.2 Å². The lowest BCUT2D eigenvalue weighted by atomic mass is 10.9. The molecular formula is C2H10O7Si2. The van der Waals surface area contributed by atoms with E-state index in [9.17, 15) is 4.46 Å². The first-order chi connectivity index (χ1) is 4.77. The molecule has 0 aliphatic rings. The Morgan fingerprint density at radius 1 is 1.36 bits per heavy atom. The summed E-state index contributed by atoms with van der Waals surface area (Å²) in [6, 6.07) is 0. The van der Waals surface area contributed by atoms with Gasteiger partial charge in [0.25, 0.3) is 0 Å². The van der Waals surface area contributed by atoms with E-state index in [0.29, 0.717) is 6.61 Å². The lowest BCUT2D eigenvalue weighted by Crippen LogP contribution is -2.33. The zero-order chi connectivity index (χ0) is 9.49. The molecule has 0 saturated heterocycles. The number of hydrogen-bond acceptors (Lipinski definition) is 6. The highest BCUT2D eigenvalue weighted by molar-refractivity contribution is 6.46. The van der Waals surface area contributed by atoms with Gasteiger partial charge in [0, 0.05) is 0 Å². The van der Waals surface area contributed by atoms with Gasteiger partial charge < -0.3 is 28.4 Å². The quantitative estimate of drug-likeness (QED) is 0.299. The average Bonchev–Trinajstić information content (AvgIpc) is 1.58. The van der Waals surface area contributed by atoms with E-state index in [1.54, 1.807) is 6.92 Å². The Kier molecular flexibility index (Phi) is 7.71. The largest absolute Gasteiger partial charge is 0.764 e.